The van der Waals surface area contributed by atoms with E-state index < -0.39 is 177 Å². The third kappa shape index (κ3) is 12.5. The smallest absolute Gasteiger partial charge is 0.504 e. The Morgan fingerprint density at radius 2 is 1.15 bits per heavy atom. The van der Waals surface area contributed by atoms with Gasteiger partial charge in [-0.15, -0.1) is 0 Å². The van der Waals surface area contributed by atoms with Gasteiger partial charge >= 0.3 is 47.5 Å². The number of carboxylic acids is 2. The van der Waals surface area contributed by atoms with E-state index in [1.807, 2.05) is 0 Å². The number of ether oxygens (including phenoxy) is 8. The number of carbonyl (C=O) groups is 5. The first kappa shape index (κ1) is 55.0. The van der Waals surface area contributed by atoms with Gasteiger partial charge in [0.1, 0.15) is 85.3 Å². The Morgan fingerprint density at radius 1 is 0.636 bits per heavy atom. The number of aliphatic hydroxyl groups is 10. The van der Waals surface area contributed by atoms with E-state index in [0.717, 1.165) is 38.1 Å². The Balaban J connectivity index is 0.00000952. The molecule has 15 N–H and O–H groups in total. The van der Waals surface area contributed by atoms with E-state index in [4.69, 9.17) is 43.0 Å². The van der Waals surface area contributed by atoms with Gasteiger partial charge in [0, 0.05) is 19.9 Å². The molecule has 0 bridgehead atoms. The van der Waals surface area contributed by atoms with Gasteiger partial charge in [-0.2, -0.15) is 0 Å². The second kappa shape index (κ2) is 23.6. The quantitative estimate of drug-likeness (QED) is 0.0336. The van der Waals surface area contributed by atoms with Gasteiger partial charge in [-0.05, 0) is 23.8 Å². The average Bonchev–Trinajstić information content (AvgIpc) is 3.24. The molecule has 20 atom stereocenters. The van der Waals surface area contributed by atoms with Crippen LogP contribution in [0.2, 0.25) is 0 Å². The van der Waals surface area contributed by atoms with E-state index in [-0.39, 0.29) is 35.1 Å². The number of hydrogen-bond acceptors (Lipinski definition) is 24. The Hall–Kier alpha value is -3.57. The number of carbonyl (C=O) groups excluding carboxylic acids is 3. The summed E-state index contributed by atoms with van der Waals surface area (Å²) in [6.07, 6.45) is -35.8. The minimum absolute atomic E-state index is 0. The van der Waals surface area contributed by atoms with Gasteiger partial charge in [-0.3, -0.25) is 9.59 Å². The number of amides is 2. The molecule has 29 heteroatoms. The van der Waals surface area contributed by atoms with Crippen LogP contribution in [-0.4, -0.2) is 232 Å². The van der Waals surface area contributed by atoms with Gasteiger partial charge in [0.2, 0.25) is 11.8 Å². The van der Waals surface area contributed by atoms with Crippen LogP contribution in [0.25, 0.3) is 6.08 Å². The summed E-state index contributed by atoms with van der Waals surface area (Å²) in [7, 11) is 0. The van der Waals surface area contributed by atoms with Crippen LogP contribution in [0.15, 0.2) is 24.3 Å². The van der Waals surface area contributed by atoms with E-state index in [9.17, 15) is 85.3 Å². The van der Waals surface area contributed by atoms with Crippen LogP contribution < -0.4 is 44.9 Å². The first-order chi connectivity index (χ1) is 30.6. The molecule has 0 aliphatic carbocycles. The van der Waals surface area contributed by atoms with Gasteiger partial charge in [-0.1, -0.05) is 6.07 Å². The Labute approximate surface area is 394 Å². The molecule has 4 fully saturated rings. The van der Waals surface area contributed by atoms with Crippen LogP contribution >= 0.6 is 0 Å². The van der Waals surface area contributed by atoms with Crippen molar-refractivity contribution in [3.63, 3.8) is 0 Å². The summed E-state index contributed by atoms with van der Waals surface area (Å²) in [6, 6.07) is -0.184. The fourth-order valence-electron chi connectivity index (χ4n) is 7.35. The first-order valence-electron chi connectivity index (χ1n) is 19.6. The maximum Gasteiger partial charge on any atom is 1.00 e. The van der Waals surface area contributed by atoms with Crippen molar-refractivity contribution >= 4 is 35.8 Å². The number of aromatic hydroxyl groups is 1. The molecule has 0 aromatic heterocycles. The summed E-state index contributed by atoms with van der Waals surface area (Å²) in [5.41, 5.74) is 0.166. The number of phenols is 1. The third-order valence-electron chi connectivity index (χ3n) is 10.5. The Kier molecular flexibility index (Phi) is 19.7. The summed E-state index contributed by atoms with van der Waals surface area (Å²) < 4.78 is 43.9. The molecule has 0 spiro atoms. The third-order valence-corrected chi connectivity index (χ3v) is 10.5. The summed E-state index contributed by atoms with van der Waals surface area (Å²) in [5.74, 6) is -7.59. The van der Waals surface area contributed by atoms with Gasteiger partial charge in [0.05, 0.1) is 13.2 Å². The molecule has 1 aromatic rings. The Morgan fingerprint density at radius 3 is 1.68 bits per heavy atom. The predicted octanol–water partition coefficient (Wildman–Crippen LogP) is -10.9. The van der Waals surface area contributed by atoms with Crippen LogP contribution in [0.4, 0.5) is 0 Å². The van der Waals surface area contributed by atoms with Crippen molar-refractivity contribution in [3.05, 3.63) is 29.8 Å². The van der Waals surface area contributed by atoms with Crippen molar-refractivity contribution in [1.29, 1.82) is 0 Å². The standard InChI is InChI=1S/C37H50N2O26.Na/c1-10(42)38-18-27(20(47)15(8-40)59-33(18)56)61-37-26(53)24(51)29(31(65-37)32(54)55)63-35-19(39-11(2)43)28(21(48)16(9-41)60-35)62-36-25(52)22(49)23(50)30(64-36)34(57)58-14-5-3-12(7-13(14)44)4-6-17(45)46;/h3-7,15-16,18-31,33,35-37,40-41,44,47-53,56H,8-9H2,1-2H3,(H,38,42)(H,39,43)(H,45,46)(H,54,55);/q;+1/b6-4+;/t15-,16-,18-,19-,20-,21-,22+,23+,24-,25-,26-,27-,28-,29+,30+,31+,33-,35+,36-,37-;/m1./s1. The van der Waals surface area contributed by atoms with Crippen molar-refractivity contribution in [2.24, 2.45) is 0 Å². The minimum atomic E-state index is -2.35. The average molecular weight is 962 g/mol. The summed E-state index contributed by atoms with van der Waals surface area (Å²) in [4.78, 5) is 61.2. The summed E-state index contributed by atoms with van der Waals surface area (Å²) in [6.45, 7) is 0.0159. The predicted molar refractivity (Wildman–Crippen MR) is 201 cm³/mol. The number of rotatable bonds is 15. The molecular formula is C37H50N2NaO26+. The fourth-order valence-corrected chi connectivity index (χ4v) is 7.35. The molecule has 2 amide bonds. The molecule has 0 saturated carbocycles. The van der Waals surface area contributed by atoms with Crippen molar-refractivity contribution < 1.29 is 158 Å². The van der Waals surface area contributed by atoms with Gasteiger partial charge in [0.15, 0.2) is 48.9 Å². The van der Waals surface area contributed by atoms with Crippen molar-refractivity contribution in [3.8, 4) is 11.5 Å². The van der Waals surface area contributed by atoms with Crippen molar-refractivity contribution in [2.45, 2.75) is 137 Å². The van der Waals surface area contributed by atoms with Crippen LogP contribution in [0.5, 0.6) is 11.5 Å². The number of phenolic OH excluding ortho intramolecular Hbond substituents is 1. The largest absolute Gasteiger partial charge is 1.00 e. The van der Waals surface area contributed by atoms with Crippen LogP contribution in [-0.2, 0) is 57.1 Å². The molecule has 4 aliphatic rings. The summed E-state index contributed by atoms with van der Waals surface area (Å²) >= 11 is 0. The molecule has 4 saturated heterocycles. The van der Waals surface area contributed by atoms with Crippen molar-refractivity contribution in [1.82, 2.24) is 10.6 Å². The molecule has 4 heterocycles. The zero-order valence-corrected chi connectivity index (χ0v) is 37.0. The van der Waals surface area contributed by atoms with Crippen molar-refractivity contribution in [2.75, 3.05) is 13.2 Å². The fraction of sp³-hybridized carbons (Fsp3) is 0.649. The van der Waals surface area contributed by atoms with Crippen LogP contribution in [0, 0.1) is 0 Å². The molecule has 364 valence electrons. The Bertz CT molecular complexity index is 1900. The molecule has 0 unspecified atom stereocenters. The first-order valence-corrected chi connectivity index (χ1v) is 19.6. The number of benzene rings is 1. The molecular weight excluding hydrogens is 911 g/mol. The SMILES string of the molecule is CC(=O)N[C@@H]1[C@@H](O[C@@H]2O[C@H](C(=O)O)[C@@H](O[C@@H]3O[C@H](CO)[C@@H](O)[C@H](O[C@@H]4O[C@H](C(=O)Oc5ccc(/C=C/C(=O)O)cc5O)[C@@H](O)[C@H](O)[C@H]4O)[C@H]3NC(C)=O)[C@H](O)[C@H]2O)[C@H](O)[C@@H](CO)O[C@H]1O.[Na+]. The number of carboxylic acid groups (broad SMARTS) is 2. The van der Waals surface area contributed by atoms with Gasteiger partial charge in [-0.25, -0.2) is 14.4 Å². The molecule has 5 rings (SSSR count). The van der Waals surface area contributed by atoms with E-state index in [0.29, 0.717) is 0 Å². The zero-order valence-electron chi connectivity index (χ0n) is 35.0. The number of esters is 1. The molecule has 1 aromatic carbocycles. The van der Waals surface area contributed by atoms with Gasteiger partial charge in [0.25, 0.3) is 0 Å². The number of hydrogen-bond donors (Lipinski definition) is 15. The number of aliphatic carboxylic acids is 2. The number of aliphatic hydroxyl groups excluding tert-OH is 10. The second-order valence-electron chi connectivity index (χ2n) is 15.2. The van der Waals surface area contributed by atoms with Crippen LogP contribution in [0.1, 0.15) is 19.4 Å². The van der Waals surface area contributed by atoms with E-state index in [2.05, 4.69) is 10.6 Å². The topological polar surface area (TPSA) is 446 Å². The molecule has 66 heavy (non-hydrogen) atoms. The maximum absolute atomic E-state index is 13.3. The molecule has 28 nitrogen and oxygen atoms in total. The zero-order chi connectivity index (χ0) is 48.2. The van der Waals surface area contributed by atoms with Gasteiger partial charge < -0.3 is 115 Å². The molecule has 0 radical (unpaired) electrons. The normalized spacial score (nSPS) is 39.3. The summed E-state index contributed by atoms with van der Waals surface area (Å²) in [5, 5.41) is 141. The second-order valence-corrected chi connectivity index (χ2v) is 15.2. The van der Waals surface area contributed by atoms with E-state index in [1.165, 1.54) is 6.07 Å². The molecule has 4 aliphatic heterocycles. The van der Waals surface area contributed by atoms with Crippen LogP contribution in [0.3, 0.4) is 0 Å². The van der Waals surface area contributed by atoms with E-state index in [1.54, 1.807) is 0 Å². The van der Waals surface area contributed by atoms with E-state index >= 15 is 0 Å². The maximum atomic E-state index is 13.3. The minimum Gasteiger partial charge on any atom is -0.504 e. The number of nitrogens with one attached hydrogen (secondary N) is 2. The monoisotopic (exact) mass is 961 g/mol.